The van der Waals surface area contributed by atoms with E-state index in [1.54, 1.807) is 0 Å². The number of aryl methyl sites for hydroxylation is 1. The number of carbonyl (C=O) groups is 1. The SMILES string of the molecule is Cc1cc(=O)oc2c(F)c(O[C@@H]3O[C@H](C(=O)[O-])[C@@H](O)[C@H](O)[C@H]3O)c(F)cc12.[Li+]. The second-order valence-corrected chi connectivity index (χ2v) is 5.96. The van der Waals surface area contributed by atoms with Crippen molar-refractivity contribution in [2.24, 2.45) is 0 Å². The van der Waals surface area contributed by atoms with E-state index in [9.17, 15) is 38.8 Å². The van der Waals surface area contributed by atoms with Crippen molar-refractivity contribution in [1.29, 1.82) is 0 Å². The number of rotatable bonds is 3. The smallest absolute Gasteiger partial charge is 0.547 e. The zero-order chi connectivity index (χ0) is 20.0. The molecule has 0 radical (unpaired) electrons. The van der Waals surface area contributed by atoms with Crippen LogP contribution in [0.3, 0.4) is 0 Å². The van der Waals surface area contributed by atoms with Crippen LogP contribution < -0.4 is 34.3 Å². The molecule has 0 aliphatic carbocycles. The third kappa shape index (κ3) is 3.77. The third-order valence-electron chi connectivity index (χ3n) is 4.13. The van der Waals surface area contributed by atoms with Gasteiger partial charge in [-0.1, -0.05) is 0 Å². The average molecular weight is 394 g/mol. The van der Waals surface area contributed by atoms with Crippen LogP contribution in [0.25, 0.3) is 11.0 Å². The number of ether oxygens (including phenoxy) is 2. The van der Waals surface area contributed by atoms with Crippen LogP contribution in [0.2, 0.25) is 0 Å². The Bertz CT molecular complexity index is 963. The average Bonchev–Trinajstić information content (AvgIpc) is 2.59. The van der Waals surface area contributed by atoms with Crippen molar-refractivity contribution in [2.45, 2.75) is 37.6 Å². The molecule has 5 atom stereocenters. The minimum Gasteiger partial charge on any atom is -0.547 e. The molecule has 0 spiro atoms. The van der Waals surface area contributed by atoms with E-state index >= 15 is 0 Å². The van der Waals surface area contributed by atoms with E-state index in [0.29, 0.717) is 0 Å². The predicted molar refractivity (Wildman–Crippen MR) is 79.5 cm³/mol. The minimum absolute atomic E-state index is 0. The molecule has 9 nitrogen and oxygen atoms in total. The molecule has 0 saturated carbocycles. The molecule has 3 N–H and O–H groups in total. The molecule has 1 aromatic heterocycles. The second kappa shape index (κ2) is 8.16. The first-order valence-corrected chi connectivity index (χ1v) is 7.61. The number of fused-ring (bicyclic) bond motifs is 1. The van der Waals surface area contributed by atoms with Crippen LogP contribution in [0.15, 0.2) is 21.3 Å². The number of aliphatic carboxylic acids is 1. The number of hydrogen-bond donors (Lipinski definition) is 3. The maximum Gasteiger partial charge on any atom is 1.00 e. The Morgan fingerprint density at radius 2 is 1.82 bits per heavy atom. The van der Waals surface area contributed by atoms with Crippen molar-refractivity contribution < 1.29 is 66.8 Å². The largest absolute Gasteiger partial charge is 1.00 e. The molecule has 0 amide bonds. The fourth-order valence-corrected chi connectivity index (χ4v) is 2.73. The summed E-state index contributed by atoms with van der Waals surface area (Å²) in [6.45, 7) is 1.43. The van der Waals surface area contributed by atoms with Gasteiger partial charge >= 0.3 is 24.5 Å². The number of aliphatic hydroxyl groups is 3. The number of carbonyl (C=O) groups excluding carboxylic acids is 1. The number of aliphatic hydroxyl groups excluding tert-OH is 3. The van der Waals surface area contributed by atoms with Gasteiger partial charge in [0.1, 0.15) is 24.4 Å². The molecule has 3 rings (SSSR count). The van der Waals surface area contributed by atoms with Gasteiger partial charge in [0, 0.05) is 11.5 Å². The van der Waals surface area contributed by atoms with Gasteiger partial charge in [-0.25, -0.2) is 9.18 Å². The van der Waals surface area contributed by atoms with Crippen LogP contribution in [0.1, 0.15) is 5.56 Å². The van der Waals surface area contributed by atoms with Crippen molar-refractivity contribution in [3.05, 3.63) is 39.8 Å². The van der Waals surface area contributed by atoms with Crippen molar-refractivity contribution in [3.63, 3.8) is 0 Å². The van der Waals surface area contributed by atoms with Crippen LogP contribution in [0, 0.1) is 18.6 Å². The summed E-state index contributed by atoms with van der Waals surface area (Å²) in [4.78, 5) is 22.4. The number of carboxylic acid groups (broad SMARTS) is 1. The number of halogens is 2. The molecule has 28 heavy (non-hydrogen) atoms. The van der Waals surface area contributed by atoms with E-state index < -0.39 is 65.3 Å². The maximum absolute atomic E-state index is 14.6. The van der Waals surface area contributed by atoms with Gasteiger partial charge in [-0.15, -0.1) is 0 Å². The third-order valence-corrected chi connectivity index (χ3v) is 4.13. The predicted octanol–water partition coefficient (Wildman–Crippen LogP) is -4.68. The number of hydrogen-bond acceptors (Lipinski definition) is 9. The minimum atomic E-state index is -2.12. The first-order chi connectivity index (χ1) is 12.6. The summed E-state index contributed by atoms with van der Waals surface area (Å²) in [5.41, 5.74) is -1.30. The van der Waals surface area contributed by atoms with Gasteiger partial charge in [0.2, 0.25) is 12.1 Å². The fourth-order valence-electron chi connectivity index (χ4n) is 2.73. The quantitative estimate of drug-likeness (QED) is 0.345. The van der Waals surface area contributed by atoms with Crippen molar-refractivity contribution in [3.8, 4) is 5.75 Å². The molecule has 1 aliphatic rings. The Morgan fingerprint density at radius 1 is 1.18 bits per heavy atom. The van der Waals surface area contributed by atoms with E-state index in [0.717, 1.165) is 12.1 Å². The van der Waals surface area contributed by atoms with E-state index in [-0.39, 0.29) is 29.8 Å². The Labute approximate surface area is 167 Å². The summed E-state index contributed by atoms with van der Waals surface area (Å²) in [5.74, 6) is -5.78. The molecule has 1 aliphatic heterocycles. The summed E-state index contributed by atoms with van der Waals surface area (Å²) >= 11 is 0. The number of carboxylic acids is 1. The van der Waals surface area contributed by atoms with Crippen LogP contribution in [0.4, 0.5) is 8.78 Å². The zero-order valence-corrected chi connectivity index (χ0v) is 14.6. The van der Waals surface area contributed by atoms with Gasteiger partial charge in [-0.2, -0.15) is 4.39 Å². The van der Waals surface area contributed by atoms with Crippen LogP contribution in [-0.2, 0) is 9.53 Å². The Kier molecular flexibility index (Phi) is 6.50. The van der Waals surface area contributed by atoms with Gasteiger partial charge in [0.25, 0.3) is 0 Å². The summed E-state index contributed by atoms with van der Waals surface area (Å²) in [6.07, 6.45) is -10.4. The van der Waals surface area contributed by atoms with E-state index in [4.69, 9.17) is 13.9 Å². The molecule has 1 aromatic carbocycles. The van der Waals surface area contributed by atoms with Gasteiger partial charge < -0.3 is 39.1 Å². The monoisotopic (exact) mass is 394 g/mol. The molecular weight excluding hydrogens is 381 g/mol. The Morgan fingerprint density at radius 3 is 2.43 bits per heavy atom. The number of benzene rings is 1. The van der Waals surface area contributed by atoms with Gasteiger partial charge in [-0.3, -0.25) is 0 Å². The molecule has 146 valence electrons. The molecular formula is C16H13F2LiO9. The maximum atomic E-state index is 14.6. The molecule has 1 fully saturated rings. The first-order valence-electron chi connectivity index (χ1n) is 7.61. The first kappa shape index (κ1) is 22.3. The van der Waals surface area contributed by atoms with Crippen LogP contribution in [-0.4, -0.2) is 52.0 Å². The molecule has 0 unspecified atom stereocenters. The van der Waals surface area contributed by atoms with Gasteiger partial charge in [0.15, 0.2) is 17.1 Å². The van der Waals surface area contributed by atoms with Crippen molar-refractivity contribution in [2.75, 3.05) is 0 Å². The Hall–Kier alpha value is -2.00. The molecule has 2 aromatic rings. The summed E-state index contributed by atoms with van der Waals surface area (Å²) in [6, 6.07) is 1.83. The van der Waals surface area contributed by atoms with Crippen molar-refractivity contribution in [1.82, 2.24) is 0 Å². The fraction of sp³-hybridized carbons (Fsp3) is 0.375. The van der Waals surface area contributed by atoms with Crippen LogP contribution in [0.5, 0.6) is 5.75 Å². The summed E-state index contributed by atoms with van der Waals surface area (Å²) in [7, 11) is 0. The standard InChI is InChI=1S/C16H14F2O9.Li/c1-4-2-7(19)25-12-5(4)3-6(17)13(8(12)18)26-16-11(22)9(20)10(21)14(27-16)15(23)24;/h2-3,9-11,14,16,20-22H,1H3,(H,23,24);/q;+1/p-1/t9-,10-,11+,14-,16+;/m0./s1. The summed E-state index contributed by atoms with van der Waals surface area (Å²) < 4.78 is 43.3. The van der Waals surface area contributed by atoms with E-state index in [1.807, 2.05) is 0 Å². The molecule has 0 bridgehead atoms. The van der Waals surface area contributed by atoms with Gasteiger partial charge in [0.05, 0.1) is 5.97 Å². The molecule has 12 heteroatoms. The zero-order valence-electron chi connectivity index (χ0n) is 14.6. The summed E-state index contributed by atoms with van der Waals surface area (Å²) in [5, 5.41) is 40.0. The van der Waals surface area contributed by atoms with Gasteiger partial charge in [-0.05, 0) is 18.6 Å². The van der Waals surface area contributed by atoms with Crippen molar-refractivity contribution >= 4 is 16.9 Å². The van der Waals surface area contributed by atoms with E-state index in [2.05, 4.69) is 0 Å². The second-order valence-electron chi connectivity index (χ2n) is 5.96. The molecule has 2 heterocycles. The molecule has 1 saturated heterocycles. The van der Waals surface area contributed by atoms with Crippen LogP contribution >= 0.6 is 0 Å². The van der Waals surface area contributed by atoms with E-state index in [1.165, 1.54) is 6.92 Å². The topological polar surface area (TPSA) is 149 Å². The Balaban J connectivity index is 0.00000280. The normalized spacial score (nSPS) is 27.3.